The Hall–Kier alpha value is 1.30. The number of hydrogen-bond donors (Lipinski definition) is 0. The summed E-state index contributed by atoms with van der Waals surface area (Å²) in [6.45, 7) is 0. The summed E-state index contributed by atoms with van der Waals surface area (Å²) in [6, 6.07) is 0. The van der Waals surface area contributed by atoms with Gasteiger partial charge >= 0.3 is 17.1 Å². The van der Waals surface area contributed by atoms with Crippen LogP contribution >= 0.6 is 0 Å². The molecule has 0 amide bonds. The molecule has 4 heteroatoms. The topological polar surface area (TPSA) is 30.0 Å². The Morgan fingerprint density at radius 3 is 1.00 bits per heavy atom. The maximum absolute atomic E-state index is 0. The molecular weight excluding hydrogens is 134 g/mol. The smallest absolute Gasteiger partial charge is 1.00 e. The molecule has 0 atom stereocenters. The third-order valence-electron chi connectivity index (χ3n) is 0. The van der Waals surface area contributed by atoms with Crippen LogP contribution in [0.4, 0.5) is 0 Å². The van der Waals surface area contributed by atoms with Gasteiger partial charge in [-0.3, -0.25) is 0 Å². The van der Waals surface area contributed by atoms with Gasteiger partial charge in [-0.2, -0.15) is 0 Å². The summed E-state index contributed by atoms with van der Waals surface area (Å²) in [6.07, 6.45) is 0. The van der Waals surface area contributed by atoms with Crippen molar-refractivity contribution in [3.05, 3.63) is 0 Å². The van der Waals surface area contributed by atoms with Crippen molar-refractivity contribution < 1.29 is 35.0 Å². The Morgan fingerprint density at radius 2 is 1.00 bits per heavy atom. The number of hydrogen-bond acceptors (Lipinski definition) is 1. The Balaban J connectivity index is 0. The fraction of sp³-hybridized carbons (Fsp3) is 0. The summed E-state index contributed by atoms with van der Waals surface area (Å²) in [4.78, 5) is 0. The summed E-state index contributed by atoms with van der Waals surface area (Å²) in [7, 11) is 0. The van der Waals surface area contributed by atoms with E-state index < -0.39 is 0 Å². The molecule has 0 aromatic rings. The largest absolute Gasteiger partial charge is 2.00 e. The predicted molar refractivity (Wildman–Crippen MR) is 7.69 cm³/mol. The molecule has 25 valence electrons. The first kappa shape index (κ1) is 57.9. The fourth-order valence-electron chi connectivity index (χ4n) is 0. The van der Waals surface area contributed by atoms with E-state index in [1.807, 2.05) is 0 Å². The quantitative estimate of drug-likeness (QED) is 0.316. The number of halogens is 1. The van der Waals surface area contributed by atoms with Gasteiger partial charge in [0.15, 0.2) is 0 Å². The monoisotopic (exact) mass is 135 g/mol. The van der Waals surface area contributed by atoms with Crippen LogP contribution in [0, 0.1) is 0 Å². The minimum absolute atomic E-state index is 0. The van der Waals surface area contributed by atoms with Crippen LogP contribution < -0.4 is 12.4 Å². The predicted octanol–water partition coefficient (Wildman–Crippen LogP) is -3.56. The first-order valence-corrected chi connectivity index (χ1v) is 0. The average molecular weight is 135 g/mol. The van der Waals surface area contributed by atoms with Crippen molar-refractivity contribution in [2.24, 2.45) is 0 Å². The summed E-state index contributed by atoms with van der Waals surface area (Å²) in [5.41, 5.74) is 0. The molecule has 0 bridgehead atoms. The zero-order valence-electron chi connectivity index (χ0n) is 1.76. The van der Waals surface area contributed by atoms with Gasteiger partial charge in [0.25, 0.3) is 0 Å². The van der Waals surface area contributed by atoms with E-state index in [1.165, 1.54) is 0 Å². The van der Waals surface area contributed by atoms with E-state index in [0.29, 0.717) is 0 Å². The molecule has 0 aliphatic rings. The Morgan fingerprint density at radius 1 is 1.00 bits per heavy atom. The van der Waals surface area contributed by atoms with Crippen LogP contribution in [0.25, 0.3) is 0 Å². The van der Waals surface area contributed by atoms with Gasteiger partial charge in [0.2, 0.25) is 0 Å². The van der Waals surface area contributed by atoms with Crippen molar-refractivity contribution in [2.45, 2.75) is 0 Å². The summed E-state index contributed by atoms with van der Waals surface area (Å²) < 4.78 is 0. The molecule has 0 unspecified atom stereocenters. The average Bonchev–Trinajstić information content (AvgIpc) is 0. The summed E-state index contributed by atoms with van der Waals surface area (Å²) in [5, 5.41) is 0. The normalized spacial score (nSPS) is 0. The minimum Gasteiger partial charge on any atom is -1.00 e. The van der Waals surface area contributed by atoms with Crippen LogP contribution in [0.3, 0.4) is 0 Å². The Labute approximate surface area is 52.5 Å². The number of rotatable bonds is 0. The van der Waals surface area contributed by atoms with Crippen molar-refractivity contribution in [1.82, 2.24) is 0 Å². The molecule has 0 aliphatic carbocycles. The van der Waals surface area contributed by atoms with Gasteiger partial charge in [-0.1, -0.05) is 0 Å². The van der Waals surface area contributed by atoms with Crippen LogP contribution in [0.1, 0.15) is 0 Å². The first-order chi connectivity index (χ1) is 0. The van der Waals surface area contributed by atoms with Crippen molar-refractivity contribution in [2.75, 3.05) is 0 Å². The molecule has 0 rings (SSSR count). The van der Waals surface area contributed by atoms with Gasteiger partial charge in [0.05, 0.1) is 0 Å². The molecule has 0 aromatic carbocycles. The maximum Gasteiger partial charge on any atom is 2.00 e. The van der Waals surface area contributed by atoms with E-state index in [-0.39, 0.29) is 52.3 Å². The molecule has 0 aromatic heterocycles. The molecule has 0 fully saturated rings. The van der Waals surface area contributed by atoms with Gasteiger partial charge in [0.1, 0.15) is 0 Å². The second-order valence-electron chi connectivity index (χ2n) is 0. The molecule has 0 spiro atoms. The Bertz CT molecular complexity index is 8.00. The summed E-state index contributed by atoms with van der Waals surface area (Å²) >= 11 is 0. The van der Waals surface area contributed by atoms with Crippen LogP contribution in [-0.4, -0.2) is 22.8 Å². The molecular formula is HAlClFeO. The van der Waals surface area contributed by atoms with Crippen molar-refractivity contribution in [1.29, 1.82) is 0 Å². The molecule has 3 radical (unpaired) electrons. The SMILES string of the molecule is [Al].[Cl-].[Fe+2].[OH-]. The molecule has 1 N–H and O–H groups in total. The standard InChI is InChI=1S/Al.ClH.Fe.H2O/h;1H;;1H2/q;;+2;/p-2. The molecule has 4 heavy (non-hydrogen) atoms. The van der Waals surface area contributed by atoms with Crippen LogP contribution in [0.2, 0.25) is 0 Å². The van der Waals surface area contributed by atoms with E-state index in [4.69, 9.17) is 0 Å². The van der Waals surface area contributed by atoms with Gasteiger partial charge in [-0.05, 0) is 0 Å². The fourth-order valence-corrected chi connectivity index (χ4v) is 0. The third kappa shape index (κ3) is 10.3. The second kappa shape index (κ2) is 27.7. The summed E-state index contributed by atoms with van der Waals surface area (Å²) in [5.74, 6) is 0. The Kier molecular flexibility index (Phi) is 400. The van der Waals surface area contributed by atoms with E-state index in [0.717, 1.165) is 0 Å². The van der Waals surface area contributed by atoms with Crippen LogP contribution in [0.5, 0.6) is 0 Å². The van der Waals surface area contributed by atoms with Crippen LogP contribution in [0.15, 0.2) is 0 Å². The molecule has 0 aliphatic heterocycles. The first-order valence-electron chi connectivity index (χ1n) is 0. The van der Waals surface area contributed by atoms with E-state index >= 15 is 0 Å². The molecule has 0 saturated carbocycles. The van der Waals surface area contributed by atoms with Crippen molar-refractivity contribution >= 4 is 17.4 Å². The van der Waals surface area contributed by atoms with Gasteiger partial charge in [-0.15, -0.1) is 0 Å². The van der Waals surface area contributed by atoms with Crippen LogP contribution in [-0.2, 0) is 17.1 Å². The molecule has 0 heterocycles. The van der Waals surface area contributed by atoms with Gasteiger partial charge < -0.3 is 17.9 Å². The van der Waals surface area contributed by atoms with Gasteiger partial charge in [-0.25, -0.2) is 0 Å². The van der Waals surface area contributed by atoms with Gasteiger partial charge in [0, 0.05) is 17.4 Å². The van der Waals surface area contributed by atoms with Crippen molar-refractivity contribution in [3.8, 4) is 0 Å². The zero-order chi connectivity index (χ0) is 0. The second-order valence-corrected chi connectivity index (χ2v) is 0. The minimum atomic E-state index is 0. The molecule has 1 nitrogen and oxygen atoms in total. The maximum atomic E-state index is 0. The van der Waals surface area contributed by atoms with Crippen molar-refractivity contribution in [3.63, 3.8) is 0 Å². The van der Waals surface area contributed by atoms with E-state index in [1.54, 1.807) is 0 Å². The van der Waals surface area contributed by atoms with E-state index in [9.17, 15) is 0 Å². The van der Waals surface area contributed by atoms with E-state index in [2.05, 4.69) is 0 Å². The zero-order valence-corrected chi connectivity index (χ0v) is 4.77. The molecule has 0 saturated heterocycles. The third-order valence-corrected chi connectivity index (χ3v) is 0.